The SMILES string of the molecule is CC1CC(C)(C)Cc2c1cc1c(c2S(=O)(=O)O)Oc2c(S(=O)(=O)O)c3c(cc2=C1c1c(Cl)c(SCC(=O)CCCCCCC(=O)O)c(Cl)c(Cl)c1C(=O)O)C(C)CC(C)(C)C=3. The first-order valence-electron chi connectivity index (χ1n) is 19.7. The van der Waals surface area contributed by atoms with Crippen LogP contribution in [0.3, 0.4) is 0 Å². The minimum Gasteiger partial charge on any atom is -0.481 e. The molecule has 330 valence electrons. The average Bonchev–Trinajstić information content (AvgIpc) is 3.10. The van der Waals surface area contributed by atoms with Crippen molar-refractivity contribution in [3.63, 3.8) is 0 Å². The summed E-state index contributed by atoms with van der Waals surface area (Å²) in [5, 5.41) is 18.8. The number of halogens is 3. The summed E-state index contributed by atoms with van der Waals surface area (Å²) in [6.07, 6.45) is 5.42. The zero-order valence-electron chi connectivity index (χ0n) is 34.4. The topological polar surface area (TPSA) is 210 Å². The second-order valence-corrected chi connectivity index (χ2v) is 22.6. The van der Waals surface area contributed by atoms with Gasteiger partial charge in [0.15, 0.2) is 11.5 Å². The van der Waals surface area contributed by atoms with E-state index in [4.69, 9.17) is 44.6 Å². The van der Waals surface area contributed by atoms with Crippen molar-refractivity contribution in [3.8, 4) is 11.5 Å². The lowest BCUT2D eigenvalue weighted by Gasteiger charge is -2.38. The van der Waals surface area contributed by atoms with Gasteiger partial charge in [-0.15, -0.1) is 11.8 Å². The summed E-state index contributed by atoms with van der Waals surface area (Å²) in [5.74, 6) is -4.51. The Kier molecular flexibility index (Phi) is 13.3. The molecule has 4 N–H and O–H groups in total. The summed E-state index contributed by atoms with van der Waals surface area (Å²) in [6.45, 7) is 11.4. The Morgan fingerprint density at radius 2 is 1.41 bits per heavy atom. The van der Waals surface area contributed by atoms with Gasteiger partial charge in [-0.25, -0.2) is 4.79 Å². The van der Waals surface area contributed by atoms with Crippen molar-refractivity contribution >= 4 is 96.2 Å². The fourth-order valence-corrected chi connectivity index (χ4v) is 13.2. The molecule has 2 atom stereocenters. The van der Waals surface area contributed by atoms with Gasteiger partial charge in [0.05, 0.1) is 26.4 Å². The lowest BCUT2D eigenvalue weighted by Crippen LogP contribution is -2.35. The predicted molar refractivity (Wildman–Crippen MR) is 235 cm³/mol. The minimum absolute atomic E-state index is 0.0183. The molecule has 0 aromatic heterocycles. The van der Waals surface area contributed by atoms with Gasteiger partial charge in [-0.1, -0.05) is 95.3 Å². The number of thioether (sulfide) groups is 1. The number of unbranched alkanes of at least 4 members (excludes halogenated alkanes) is 3. The summed E-state index contributed by atoms with van der Waals surface area (Å²) in [6, 6.07) is 3.25. The number of rotatable bonds is 14. The number of ketones is 1. The second kappa shape index (κ2) is 17.1. The number of aliphatic carboxylic acids is 1. The van der Waals surface area contributed by atoms with E-state index in [0.717, 1.165) is 11.8 Å². The van der Waals surface area contributed by atoms with Gasteiger partial charge in [-0.2, -0.15) is 16.8 Å². The molecule has 2 unspecified atom stereocenters. The van der Waals surface area contributed by atoms with Crippen molar-refractivity contribution in [1.82, 2.24) is 0 Å². The van der Waals surface area contributed by atoms with Crippen molar-refractivity contribution in [3.05, 3.63) is 71.0 Å². The Morgan fingerprint density at radius 1 is 0.803 bits per heavy atom. The Labute approximate surface area is 374 Å². The molecule has 3 aliphatic rings. The molecule has 1 aliphatic heterocycles. The molecule has 0 saturated heterocycles. The number of ether oxygens (including phenoxy) is 1. The van der Waals surface area contributed by atoms with Gasteiger partial charge >= 0.3 is 11.9 Å². The zero-order valence-corrected chi connectivity index (χ0v) is 39.1. The number of fused-ring (bicyclic) bond motifs is 4. The smallest absolute Gasteiger partial charge is 0.337 e. The Morgan fingerprint density at radius 3 is 2.00 bits per heavy atom. The molecule has 6 rings (SSSR count). The zero-order chi connectivity index (χ0) is 45.3. The molecular weight excluding hydrogens is 911 g/mol. The fraction of sp³-hybridized carbons (Fsp3) is 0.465. The first-order chi connectivity index (χ1) is 28.1. The largest absolute Gasteiger partial charge is 0.481 e. The number of benzene rings is 3. The third-order valence-electron chi connectivity index (χ3n) is 11.6. The monoisotopic (exact) mass is 956 g/mol. The number of Topliss-reactive ketones (excluding diaryl/α,β-unsaturated/α-hetero) is 1. The molecule has 0 bridgehead atoms. The molecule has 2 aliphatic carbocycles. The Balaban J connectivity index is 1.73. The van der Waals surface area contributed by atoms with Gasteiger partial charge < -0.3 is 14.9 Å². The molecule has 1 heterocycles. The van der Waals surface area contributed by atoms with Crippen LogP contribution >= 0.6 is 46.6 Å². The molecular formula is C43H47Cl3O12S3. The number of hydrogen-bond acceptors (Lipinski definition) is 9. The summed E-state index contributed by atoms with van der Waals surface area (Å²) in [7, 11) is -10.4. The van der Waals surface area contributed by atoms with Crippen molar-refractivity contribution in [1.29, 1.82) is 0 Å². The first-order valence-corrected chi connectivity index (χ1v) is 24.7. The maximum absolute atomic E-state index is 13.7. The van der Waals surface area contributed by atoms with Crippen LogP contribution in [0.2, 0.25) is 15.1 Å². The summed E-state index contributed by atoms with van der Waals surface area (Å²) >= 11 is 21.7. The first kappa shape index (κ1) is 47.3. The van der Waals surface area contributed by atoms with Crippen molar-refractivity contribution < 1.29 is 55.3 Å². The van der Waals surface area contributed by atoms with Crippen LogP contribution in [-0.2, 0) is 36.2 Å². The molecule has 0 radical (unpaired) electrons. The second-order valence-electron chi connectivity index (χ2n) is 17.8. The van der Waals surface area contributed by atoms with Gasteiger partial charge in [0.1, 0.15) is 15.6 Å². The quantitative estimate of drug-likeness (QED) is 0.0402. The van der Waals surface area contributed by atoms with Crippen LogP contribution in [0.1, 0.15) is 143 Å². The van der Waals surface area contributed by atoms with Crippen molar-refractivity contribution in [2.75, 3.05) is 5.75 Å². The van der Waals surface area contributed by atoms with E-state index >= 15 is 0 Å². The number of carboxylic acid groups (broad SMARTS) is 2. The molecule has 3 aromatic rings. The number of carbonyl (C=O) groups excluding carboxylic acids is 1. The average molecular weight is 958 g/mol. The van der Waals surface area contributed by atoms with E-state index in [0.29, 0.717) is 49.7 Å². The molecule has 0 amide bonds. The highest BCUT2D eigenvalue weighted by molar-refractivity contribution is 8.00. The van der Waals surface area contributed by atoms with Crippen LogP contribution in [0.5, 0.6) is 11.5 Å². The van der Waals surface area contributed by atoms with Crippen molar-refractivity contribution in [2.24, 2.45) is 10.8 Å². The number of carbonyl (C=O) groups is 3. The highest BCUT2D eigenvalue weighted by Crippen LogP contribution is 2.54. The highest BCUT2D eigenvalue weighted by atomic mass is 35.5. The Hall–Kier alpha value is -3.15. The standard InChI is InChI=1S/C43H47Cl3O12S3/c1-20-15-42(3,4)17-27-23(20)13-25-30(31-32(41(50)51)33(44)35(46)38(34(31)45)59-19-22(47)11-9-7-8-10-12-29(48)49)26-14-24-21(2)16-43(5,6)18-28(24)40(61(55,56)57)37(26)58-36(25)39(27)60(52,53)54/h13-14,17,20-21H,7-12,15-16,18-19H2,1-6H3,(H,48,49)(H,50,51)(H,52,53,54)(H,55,56,57). The third kappa shape index (κ3) is 9.41. The molecule has 18 heteroatoms. The van der Waals surface area contributed by atoms with E-state index in [1.54, 1.807) is 18.2 Å². The van der Waals surface area contributed by atoms with Gasteiger partial charge in [-0.3, -0.25) is 18.7 Å². The lowest BCUT2D eigenvalue weighted by molar-refractivity contribution is -0.137. The van der Waals surface area contributed by atoms with E-state index in [-0.39, 0.29) is 90.3 Å². The van der Waals surface area contributed by atoms with Crippen LogP contribution in [-0.4, -0.2) is 59.6 Å². The molecule has 0 fully saturated rings. The summed E-state index contributed by atoms with van der Waals surface area (Å²) in [5.41, 5.74) is -0.877. The number of hydrogen-bond donors (Lipinski definition) is 4. The van der Waals surface area contributed by atoms with Gasteiger partial charge in [-0.05, 0) is 88.8 Å². The number of aromatic carboxylic acids is 1. The summed E-state index contributed by atoms with van der Waals surface area (Å²) < 4.78 is 83.1. The molecule has 61 heavy (non-hydrogen) atoms. The van der Waals surface area contributed by atoms with Gasteiger partial charge in [0, 0.05) is 39.7 Å². The van der Waals surface area contributed by atoms with Gasteiger partial charge in [0.2, 0.25) is 0 Å². The fourth-order valence-electron chi connectivity index (χ4n) is 9.39. The maximum Gasteiger partial charge on any atom is 0.337 e. The van der Waals surface area contributed by atoms with Crippen LogP contribution in [0.25, 0.3) is 11.6 Å². The van der Waals surface area contributed by atoms with Crippen LogP contribution in [0.15, 0.2) is 26.8 Å². The molecule has 0 spiro atoms. The molecule has 3 aromatic carbocycles. The Bertz CT molecular complexity index is 2760. The maximum atomic E-state index is 13.7. The van der Waals surface area contributed by atoms with Crippen molar-refractivity contribution in [2.45, 2.75) is 126 Å². The van der Waals surface area contributed by atoms with E-state index < -0.39 is 74.9 Å². The summed E-state index contributed by atoms with van der Waals surface area (Å²) in [4.78, 5) is 36.0. The number of carboxylic acids is 2. The van der Waals surface area contributed by atoms with E-state index in [1.807, 2.05) is 41.5 Å². The van der Waals surface area contributed by atoms with Crippen LogP contribution < -0.4 is 15.2 Å². The highest BCUT2D eigenvalue weighted by Gasteiger charge is 2.43. The normalized spacial score (nSPS) is 18.8. The van der Waals surface area contributed by atoms with Gasteiger partial charge in [0.25, 0.3) is 20.2 Å². The third-order valence-corrected chi connectivity index (χ3v) is 16.1. The van der Waals surface area contributed by atoms with E-state index in [2.05, 4.69) is 0 Å². The van der Waals surface area contributed by atoms with Crippen LogP contribution in [0, 0.1) is 10.8 Å². The van der Waals surface area contributed by atoms with Crippen LogP contribution in [0.4, 0.5) is 0 Å². The predicted octanol–water partition coefficient (Wildman–Crippen LogP) is 9.67. The minimum atomic E-state index is -5.20. The van der Waals surface area contributed by atoms with E-state index in [1.165, 1.54) is 0 Å². The molecule has 0 saturated carbocycles. The lowest BCUT2D eigenvalue weighted by atomic mass is 9.69. The molecule has 12 nitrogen and oxygen atoms in total. The van der Waals surface area contributed by atoms with E-state index in [9.17, 15) is 45.4 Å².